The molecule has 0 bridgehead atoms. The molecule has 3 aromatic rings. The van der Waals surface area contributed by atoms with Crippen molar-refractivity contribution in [1.29, 1.82) is 0 Å². The molecular weight excluding hydrogens is 390 g/mol. The third-order valence-electron chi connectivity index (χ3n) is 5.54. The monoisotopic (exact) mass is 417 g/mol. The number of carbonyl (C=O) groups is 1. The van der Waals surface area contributed by atoms with Crippen LogP contribution in [0.25, 0.3) is 0 Å². The van der Waals surface area contributed by atoms with E-state index in [-0.39, 0.29) is 0 Å². The van der Waals surface area contributed by atoms with E-state index in [0.29, 0.717) is 36.6 Å². The molecular formula is C26H27NO4. The third-order valence-corrected chi connectivity index (χ3v) is 5.54. The molecule has 0 atom stereocenters. The number of benzene rings is 3. The number of ether oxygens (including phenoxy) is 2. The summed E-state index contributed by atoms with van der Waals surface area (Å²) in [7, 11) is 0. The van der Waals surface area contributed by atoms with Crippen molar-refractivity contribution in [3.05, 3.63) is 90.5 Å². The molecule has 31 heavy (non-hydrogen) atoms. The highest BCUT2D eigenvalue weighted by Gasteiger charge is 2.41. The fourth-order valence-electron chi connectivity index (χ4n) is 3.92. The van der Waals surface area contributed by atoms with Crippen molar-refractivity contribution in [3.8, 4) is 11.5 Å². The van der Waals surface area contributed by atoms with Crippen molar-refractivity contribution in [1.82, 2.24) is 0 Å². The smallest absolute Gasteiger partial charge is 0.422 e. The molecule has 1 amide bonds. The van der Waals surface area contributed by atoms with Crippen molar-refractivity contribution >= 4 is 11.8 Å². The molecule has 160 valence electrons. The summed E-state index contributed by atoms with van der Waals surface area (Å²) in [5.41, 5.74) is 0.393. The molecule has 1 saturated carbocycles. The standard InChI is InChI=1S/C26H27NO4/c28-25(31-24-12-6-2-7-13-24)27(26(29)18-8-3-9-19-26)22-14-16-23(17-15-22)30-20-21-10-4-1-5-11-21/h1-2,4-7,10-17,29H,3,8-9,18-20H2. The summed E-state index contributed by atoms with van der Waals surface area (Å²) >= 11 is 0. The van der Waals surface area contributed by atoms with Gasteiger partial charge in [0.1, 0.15) is 23.8 Å². The van der Waals surface area contributed by atoms with Gasteiger partial charge in [-0.1, -0.05) is 55.0 Å². The van der Waals surface area contributed by atoms with Gasteiger partial charge in [-0.15, -0.1) is 0 Å². The largest absolute Gasteiger partial charge is 0.489 e. The molecule has 0 heterocycles. The SMILES string of the molecule is O=C(Oc1ccccc1)N(c1ccc(OCc2ccccc2)cc1)C1(O)CCCCC1. The molecule has 0 radical (unpaired) electrons. The van der Waals surface area contributed by atoms with Crippen LogP contribution in [0, 0.1) is 0 Å². The number of rotatable bonds is 6. The lowest BCUT2D eigenvalue weighted by Gasteiger charge is -2.41. The second-order valence-corrected chi connectivity index (χ2v) is 7.83. The van der Waals surface area contributed by atoms with Crippen LogP contribution in [0.1, 0.15) is 37.7 Å². The number of anilines is 1. The molecule has 1 N–H and O–H groups in total. The van der Waals surface area contributed by atoms with Gasteiger partial charge in [-0.3, -0.25) is 0 Å². The van der Waals surface area contributed by atoms with Gasteiger partial charge in [0.2, 0.25) is 0 Å². The average molecular weight is 418 g/mol. The van der Waals surface area contributed by atoms with Crippen molar-refractivity contribution in [2.75, 3.05) is 4.90 Å². The van der Waals surface area contributed by atoms with Crippen molar-refractivity contribution in [3.63, 3.8) is 0 Å². The Labute approximate surface area is 182 Å². The van der Waals surface area contributed by atoms with Gasteiger partial charge in [0, 0.05) is 0 Å². The Hall–Kier alpha value is -3.31. The average Bonchev–Trinajstić information content (AvgIpc) is 2.80. The van der Waals surface area contributed by atoms with E-state index in [1.807, 2.05) is 48.5 Å². The Bertz CT molecular complexity index is 967. The predicted octanol–water partition coefficient (Wildman–Crippen LogP) is 5.92. The summed E-state index contributed by atoms with van der Waals surface area (Å²) in [5, 5.41) is 11.3. The molecule has 5 heteroatoms. The number of carbonyl (C=O) groups excluding carboxylic acids is 1. The molecule has 1 fully saturated rings. The number of amides is 1. The Morgan fingerprint density at radius 2 is 1.42 bits per heavy atom. The van der Waals surface area contributed by atoms with E-state index in [1.54, 1.807) is 36.4 Å². The van der Waals surface area contributed by atoms with Crippen LogP contribution >= 0.6 is 0 Å². The Balaban J connectivity index is 1.53. The lowest BCUT2D eigenvalue weighted by atomic mass is 9.90. The molecule has 0 saturated heterocycles. The van der Waals surface area contributed by atoms with Gasteiger partial charge >= 0.3 is 6.09 Å². The van der Waals surface area contributed by atoms with Gasteiger partial charge in [-0.2, -0.15) is 0 Å². The highest BCUT2D eigenvalue weighted by molar-refractivity contribution is 5.90. The van der Waals surface area contributed by atoms with Crippen LogP contribution in [-0.4, -0.2) is 16.9 Å². The molecule has 5 nitrogen and oxygen atoms in total. The van der Waals surface area contributed by atoms with Crippen LogP contribution in [0.2, 0.25) is 0 Å². The fourth-order valence-corrected chi connectivity index (χ4v) is 3.92. The van der Waals surface area contributed by atoms with Crippen molar-refractivity contribution < 1.29 is 19.4 Å². The zero-order valence-electron chi connectivity index (χ0n) is 17.4. The minimum atomic E-state index is -1.27. The molecule has 3 aromatic carbocycles. The highest BCUT2D eigenvalue weighted by Crippen LogP contribution is 2.36. The van der Waals surface area contributed by atoms with Gasteiger partial charge in [0.05, 0.1) is 5.69 Å². The second kappa shape index (κ2) is 9.67. The maximum absolute atomic E-state index is 13.1. The van der Waals surface area contributed by atoms with Gasteiger partial charge < -0.3 is 14.6 Å². The van der Waals surface area contributed by atoms with E-state index >= 15 is 0 Å². The van der Waals surface area contributed by atoms with Crippen molar-refractivity contribution in [2.24, 2.45) is 0 Å². The van der Waals surface area contributed by atoms with E-state index in [9.17, 15) is 9.90 Å². The zero-order valence-corrected chi connectivity index (χ0v) is 17.4. The second-order valence-electron chi connectivity index (χ2n) is 7.83. The molecule has 4 rings (SSSR count). The number of hydrogen-bond acceptors (Lipinski definition) is 4. The van der Waals surface area contributed by atoms with Crippen molar-refractivity contribution in [2.45, 2.75) is 44.4 Å². The lowest BCUT2D eigenvalue weighted by Crippen LogP contribution is -2.54. The Morgan fingerprint density at radius 1 is 0.806 bits per heavy atom. The number of hydrogen-bond donors (Lipinski definition) is 1. The molecule has 0 unspecified atom stereocenters. The number of aliphatic hydroxyl groups is 1. The summed E-state index contributed by atoms with van der Waals surface area (Å²) in [5.74, 6) is 1.14. The molecule has 0 aliphatic heterocycles. The minimum absolute atomic E-state index is 0.444. The van der Waals surface area contributed by atoms with Crippen LogP contribution in [0.5, 0.6) is 11.5 Å². The predicted molar refractivity (Wildman–Crippen MR) is 120 cm³/mol. The van der Waals surface area contributed by atoms with Gasteiger partial charge in [-0.25, -0.2) is 9.69 Å². The van der Waals surface area contributed by atoms with Crippen LogP contribution in [0.15, 0.2) is 84.9 Å². The zero-order chi connectivity index (χ0) is 21.5. The van der Waals surface area contributed by atoms with Crippen LogP contribution in [-0.2, 0) is 6.61 Å². The minimum Gasteiger partial charge on any atom is -0.489 e. The molecule has 1 aliphatic carbocycles. The molecule has 0 spiro atoms. The maximum atomic E-state index is 13.1. The summed E-state index contributed by atoms with van der Waals surface area (Å²) in [6.07, 6.45) is 3.23. The maximum Gasteiger partial charge on any atom is 0.422 e. The lowest BCUT2D eigenvalue weighted by molar-refractivity contribution is 0.00433. The fraction of sp³-hybridized carbons (Fsp3) is 0.269. The molecule has 0 aromatic heterocycles. The van der Waals surface area contributed by atoms with Gasteiger partial charge in [-0.05, 0) is 67.6 Å². The van der Waals surface area contributed by atoms with E-state index in [1.165, 1.54) is 4.90 Å². The first-order valence-corrected chi connectivity index (χ1v) is 10.7. The Kier molecular flexibility index (Phi) is 6.53. The van der Waals surface area contributed by atoms with Gasteiger partial charge in [0.25, 0.3) is 0 Å². The topological polar surface area (TPSA) is 59.0 Å². The van der Waals surface area contributed by atoms with Crippen LogP contribution in [0.3, 0.4) is 0 Å². The van der Waals surface area contributed by atoms with E-state index in [0.717, 1.165) is 24.8 Å². The summed E-state index contributed by atoms with van der Waals surface area (Å²) in [6.45, 7) is 0.462. The highest BCUT2D eigenvalue weighted by atomic mass is 16.6. The van der Waals surface area contributed by atoms with Gasteiger partial charge in [0.15, 0.2) is 0 Å². The number of nitrogens with zero attached hydrogens (tertiary/aromatic N) is 1. The number of para-hydroxylation sites is 1. The summed E-state index contributed by atoms with van der Waals surface area (Å²) in [6, 6.07) is 26.1. The first-order chi connectivity index (χ1) is 15.1. The first kappa shape index (κ1) is 20.9. The van der Waals surface area contributed by atoms with Crippen LogP contribution < -0.4 is 14.4 Å². The molecule has 1 aliphatic rings. The summed E-state index contributed by atoms with van der Waals surface area (Å²) < 4.78 is 11.4. The van der Waals surface area contributed by atoms with E-state index in [4.69, 9.17) is 9.47 Å². The quantitative estimate of drug-likeness (QED) is 0.506. The Morgan fingerprint density at radius 3 is 2.06 bits per heavy atom. The van der Waals surface area contributed by atoms with E-state index in [2.05, 4.69) is 0 Å². The normalized spacial score (nSPS) is 15.1. The van der Waals surface area contributed by atoms with Crippen LogP contribution in [0.4, 0.5) is 10.5 Å². The summed E-state index contributed by atoms with van der Waals surface area (Å²) in [4.78, 5) is 14.5. The third kappa shape index (κ3) is 5.25. The van der Waals surface area contributed by atoms with E-state index < -0.39 is 11.8 Å². The first-order valence-electron chi connectivity index (χ1n) is 10.7.